The lowest BCUT2D eigenvalue weighted by Gasteiger charge is -2.19. The Hall–Kier alpha value is -2.70. The monoisotopic (exact) mass is 377 g/mol. The van der Waals surface area contributed by atoms with Gasteiger partial charge in [-0.1, -0.05) is 0 Å². The van der Waals surface area contributed by atoms with E-state index in [0.29, 0.717) is 5.69 Å². The van der Waals surface area contributed by atoms with Crippen LogP contribution in [0.2, 0.25) is 0 Å². The number of halogens is 3. The molecule has 0 radical (unpaired) electrons. The molecule has 1 amide bonds. The zero-order valence-electron chi connectivity index (χ0n) is 15.0. The van der Waals surface area contributed by atoms with Crippen molar-refractivity contribution in [1.82, 2.24) is 0 Å². The maximum Gasteiger partial charge on any atom is 0.416 e. The van der Waals surface area contributed by atoms with Crippen LogP contribution in [0.5, 0.6) is 0 Å². The number of rotatable bonds is 5. The first-order valence-electron chi connectivity index (χ1n) is 8.92. The third kappa shape index (κ3) is 4.93. The third-order valence-corrected chi connectivity index (χ3v) is 4.59. The van der Waals surface area contributed by atoms with Gasteiger partial charge in [-0.25, -0.2) is 0 Å². The molecule has 2 aromatic carbocycles. The number of benzene rings is 2. The maximum atomic E-state index is 12.6. The van der Waals surface area contributed by atoms with Gasteiger partial charge in [-0.15, -0.1) is 0 Å². The van der Waals surface area contributed by atoms with Gasteiger partial charge >= 0.3 is 6.18 Å². The van der Waals surface area contributed by atoms with Crippen LogP contribution in [0.15, 0.2) is 48.5 Å². The van der Waals surface area contributed by atoms with E-state index in [-0.39, 0.29) is 5.91 Å². The van der Waals surface area contributed by atoms with E-state index in [2.05, 4.69) is 15.5 Å². The highest BCUT2D eigenvalue weighted by Crippen LogP contribution is 2.30. The molecular weight excluding hydrogens is 355 g/mol. The lowest BCUT2D eigenvalue weighted by Crippen LogP contribution is -2.31. The minimum atomic E-state index is -4.39. The summed E-state index contributed by atoms with van der Waals surface area (Å²) in [5, 5.41) is 5.72. The molecular formula is C20H22F3N3O. The zero-order valence-corrected chi connectivity index (χ0v) is 15.0. The largest absolute Gasteiger partial charge is 0.416 e. The molecule has 0 aliphatic carbocycles. The van der Waals surface area contributed by atoms with E-state index in [0.717, 1.165) is 30.9 Å². The fraction of sp³-hybridized carbons (Fsp3) is 0.350. The number of nitrogens with one attached hydrogen (secondary N) is 2. The summed E-state index contributed by atoms with van der Waals surface area (Å²) in [5.41, 5.74) is 1.56. The van der Waals surface area contributed by atoms with Gasteiger partial charge in [0.25, 0.3) is 0 Å². The van der Waals surface area contributed by atoms with Crippen molar-refractivity contribution >= 4 is 23.0 Å². The molecule has 1 atom stereocenters. The molecule has 7 heteroatoms. The fourth-order valence-corrected chi connectivity index (χ4v) is 3.05. The Morgan fingerprint density at radius 1 is 0.963 bits per heavy atom. The van der Waals surface area contributed by atoms with Gasteiger partial charge < -0.3 is 15.5 Å². The van der Waals surface area contributed by atoms with Gasteiger partial charge in [-0.05, 0) is 68.3 Å². The molecule has 4 nitrogen and oxygen atoms in total. The molecule has 0 bridgehead atoms. The lowest BCUT2D eigenvalue weighted by atomic mass is 10.2. The first-order valence-corrected chi connectivity index (χ1v) is 8.92. The zero-order chi connectivity index (χ0) is 19.4. The van der Waals surface area contributed by atoms with Crippen molar-refractivity contribution in [1.29, 1.82) is 0 Å². The van der Waals surface area contributed by atoms with Crippen LogP contribution in [0.1, 0.15) is 25.3 Å². The molecule has 0 unspecified atom stereocenters. The van der Waals surface area contributed by atoms with Gasteiger partial charge in [0.15, 0.2) is 0 Å². The Kier molecular flexibility index (Phi) is 5.58. The van der Waals surface area contributed by atoms with Gasteiger partial charge in [-0.3, -0.25) is 4.79 Å². The van der Waals surface area contributed by atoms with E-state index in [9.17, 15) is 18.0 Å². The van der Waals surface area contributed by atoms with Crippen molar-refractivity contribution in [3.05, 3.63) is 54.1 Å². The van der Waals surface area contributed by atoms with Crippen molar-refractivity contribution < 1.29 is 18.0 Å². The Balaban J connectivity index is 1.55. The topological polar surface area (TPSA) is 44.4 Å². The molecule has 0 aromatic heterocycles. The summed E-state index contributed by atoms with van der Waals surface area (Å²) >= 11 is 0. The van der Waals surface area contributed by atoms with Crippen LogP contribution in [0, 0.1) is 0 Å². The molecule has 144 valence electrons. The van der Waals surface area contributed by atoms with E-state index in [4.69, 9.17) is 0 Å². The number of alkyl halides is 3. The first-order chi connectivity index (χ1) is 12.8. The summed E-state index contributed by atoms with van der Waals surface area (Å²) in [6.07, 6.45) is -1.97. The van der Waals surface area contributed by atoms with Gasteiger partial charge in [0, 0.05) is 30.2 Å². The summed E-state index contributed by atoms with van der Waals surface area (Å²) in [7, 11) is 0. The predicted molar refractivity (Wildman–Crippen MR) is 101 cm³/mol. The molecule has 1 aliphatic heterocycles. The van der Waals surface area contributed by atoms with Crippen LogP contribution in [0.3, 0.4) is 0 Å². The smallest absolute Gasteiger partial charge is 0.374 e. The average molecular weight is 377 g/mol. The minimum absolute atomic E-state index is 0.321. The van der Waals surface area contributed by atoms with Gasteiger partial charge in [0.2, 0.25) is 5.91 Å². The fourth-order valence-electron chi connectivity index (χ4n) is 3.05. The van der Waals surface area contributed by atoms with Crippen LogP contribution >= 0.6 is 0 Å². The quantitative estimate of drug-likeness (QED) is 0.791. The number of hydrogen-bond acceptors (Lipinski definition) is 3. The van der Waals surface area contributed by atoms with Crippen LogP contribution in [-0.4, -0.2) is 25.0 Å². The van der Waals surface area contributed by atoms with E-state index in [1.807, 2.05) is 24.3 Å². The first kappa shape index (κ1) is 19.1. The molecule has 2 N–H and O–H groups in total. The summed E-state index contributed by atoms with van der Waals surface area (Å²) in [6, 6.07) is 11.8. The second-order valence-corrected chi connectivity index (χ2v) is 6.67. The highest BCUT2D eigenvalue weighted by molar-refractivity contribution is 5.96. The van der Waals surface area contributed by atoms with Crippen LogP contribution in [-0.2, 0) is 11.0 Å². The normalized spacial score (nSPS) is 15.5. The highest BCUT2D eigenvalue weighted by atomic mass is 19.4. The molecule has 3 rings (SSSR count). The Bertz CT molecular complexity index is 767. The van der Waals surface area contributed by atoms with Gasteiger partial charge in [0.05, 0.1) is 5.56 Å². The summed E-state index contributed by atoms with van der Waals surface area (Å²) < 4.78 is 37.7. The van der Waals surface area contributed by atoms with Crippen LogP contribution in [0.4, 0.5) is 30.2 Å². The van der Waals surface area contributed by atoms with Crippen LogP contribution in [0.25, 0.3) is 0 Å². The molecule has 2 aromatic rings. The standard InChI is InChI=1S/C20H22F3N3O/c1-14(19(27)25-17-6-4-15(5-7-17)20(21,22)23)24-16-8-10-18(11-9-16)26-12-2-3-13-26/h4-11,14,24H,2-3,12-13H2,1H3,(H,25,27)/t14-/m1/s1. The second-order valence-electron chi connectivity index (χ2n) is 6.67. The maximum absolute atomic E-state index is 12.6. The number of amides is 1. The van der Waals surface area contributed by atoms with Crippen molar-refractivity contribution in [2.45, 2.75) is 32.0 Å². The summed E-state index contributed by atoms with van der Waals surface area (Å²) in [4.78, 5) is 14.6. The lowest BCUT2D eigenvalue weighted by molar-refractivity contribution is -0.137. The predicted octanol–water partition coefficient (Wildman–Crippen LogP) is 4.74. The minimum Gasteiger partial charge on any atom is -0.374 e. The van der Waals surface area contributed by atoms with Crippen molar-refractivity contribution in [3.8, 4) is 0 Å². The molecule has 27 heavy (non-hydrogen) atoms. The third-order valence-electron chi connectivity index (χ3n) is 4.59. The number of hydrogen-bond donors (Lipinski definition) is 2. The SMILES string of the molecule is C[C@@H](Nc1ccc(N2CCCC2)cc1)C(=O)Nc1ccc(C(F)(F)F)cc1. The molecule has 0 saturated carbocycles. The molecule has 1 fully saturated rings. The molecule has 1 saturated heterocycles. The van der Waals surface area contributed by atoms with E-state index < -0.39 is 17.8 Å². The number of carbonyl (C=O) groups is 1. The highest BCUT2D eigenvalue weighted by Gasteiger charge is 2.30. The van der Waals surface area contributed by atoms with E-state index in [1.54, 1.807) is 6.92 Å². The van der Waals surface area contributed by atoms with E-state index >= 15 is 0 Å². The van der Waals surface area contributed by atoms with Crippen molar-refractivity contribution in [3.63, 3.8) is 0 Å². The summed E-state index contributed by atoms with van der Waals surface area (Å²) in [6.45, 7) is 3.84. The van der Waals surface area contributed by atoms with Crippen LogP contribution < -0.4 is 15.5 Å². The van der Waals surface area contributed by atoms with Crippen molar-refractivity contribution in [2.75, 3.05) is 28.6 Å². The number of carbonyl (C=O) groups excluding carboxylic acids is 1. The second kappa shape index (κ2) is 7.90. The molecule has 0 spiro atoms. The van der Waals surface area contributed by atoms with Gasteiger partial charge in [0.1, 0.15) is 6.04 Å². The molecule has 1 heterocycles. The molecule has 1 aliphatic rings. The Morgan fingerprint density at radius 2 is 1.52 bits per heavy atom. The van der Waals surface area contributed by atoms with E-state index in [1.165, 1.54) is 30.7 Å². The number of anilines is 3. The Labute approximate surface area is 156 Å². The number of nitrogens with zero attached hydrogens (tertiary/aromatic N) is 1. The van der Waals surface area contributed by atoms with Crippen molar-refractivity contribution in [2.24, 2.45) is 0 Å². The summed E-state index contributed by atoms with van der Waals surface area (Å²) in [5.74, 6) is -0.321. The Morgan fingerprint density at radius 3 is 2.07 bits per heavy atom. The van der Waals surface area contributed by atoms with Gasteiger partial charge in [-0.2, -0.15) is 13.2 Å². The average Bonchev–Trinajstić information content (AvgIpc) is 3.16.